The smallest absolute Gasteiger partial charge is 0.306 e. The fourth-order valence-electron chi connectivity index (χ4n) is 2.86. The Morgan fingerprint density at radius 2 is 1.53 bits per heavy atom. The molecule has 0 bridgehead atoms. The van der Waals surface area contributed by atoms with Gasteiger partial charge in [0.1, 0.15) is 6.10 Å². The summed E-state index contributed by atoms with van der Waals surface area (Å²) >= 11 is 0. The zero-order valence-corrected chi connectivity index (χ0v) is 12.5. The number of rotatable bonds is 4. The second kappa shape index (κ2) is 5.90. The average molecular weight is 271 g/mol. The molecule has 110 valence electrons. The molecule has 5 nitrogen and oxygen atoms in total. The Balaban J connectivity index is 2.47. The Morgan fingerprint density at radius 1 is 1.05 bits per heavy atom. The highest BCUT2D eigenvalue weighted by molar-refractivity contribution is 5.77. The average Bonchev–Trinajstić information content (AvgIpc) is 2.21. The van der Waals surface area contributed by atoms with Gasteiger partial charge in [0.05, 0.1) is 20.0 Å². The third kappa shape index (κ3) is 5.59. The molecule has 1 saturated heterocycles. The minimum atomic E-state index is -0.386. The summed E-state index contributed by atoms with van der Waals surface area (Å²) in [6.45, 7) is 8.40. The van der Waals surface area contributed by atoms with Crippen molar-refractivity contribution in [1.29, 1.82) is 0 Å². The van der Waals surface area contributed by atoms with Crippen LogP contribution in [0.3, 0.4) is 0 Å². The Kier molecular flexibility index (Phi) is 4.96. The summed E-state index contributed by atoms with van der Waals surface area (Å²) in [7, 11) is 1.31. The molecule has 0 radical (unpaired) electrons. The lowest BCUT2D eigenvalue weighted by molar-refractivity contribution is -0.156. The minimum absolute atomic E-state index is 0.0605. The first-order valence-corrected chi connectivity index (χ1v) is 6.69. The molecule has 0 aliphatic carbocycles. The monoisotopic (exact) mass is 271 g/mol. The SMILES string of the molecule is COC(=O)CCC(=O)OC1CC(C)(C)NC(C)(C)C1. The van der Waals surface area contributed by atoms with Gasteiger partial charge in [-0.25, -0.2) is 0 Å². The largest absolute Gasteiger partial charge is 0.469 e. The lowest BCUT2D eigenvalue weighted by Gasteiger charge is -2.45. The number of methoxy groups -OCH3 is 1. The molecule has 0 aromatic carbocycles. The molecule has 0 amide bonds. The number of hydrogen-bond acceptors (Lipinski definition) is 5. The molecule has 0 spiro atoms. The number of nitrogens with one attached hydrogen (secondary N) is 1. The van der Waals surface area contributed by atoms with Gasteiger partial charge in [0, 0.05) is 23.9 Å². The van der Waals surface area contributed by atoms with Crippen LogP contribution in [0.1, 0.15) is 53.4 Å². The van der Waals surface area contributed by atoms with E-state index in [2.05, 4.69) is 37.7 Å². The predicted molar refractivity (Wildman–Crippen MR) is 71.7 cm³/mol. The van der Waals surface area contributed by atoms with E-state index in [1.807, 2.05) is 0 Å². The van der Waals surface area contributed by atoms with E-state index in [4.69, 9.17) is 4.74 Å². The van der Waals surface area contributed by atoms with Crippen LogP contribution >= 0.6 is 0 Å². The lowest BCUT2D eigenvalue weighted by Crippen LogP contribution is -2.59. The molecule has 0 atom stereocenters. The van der Waals surface area contributed by atoms with Crippen molar-refractivity contribution in [3.8, 4) is 0 Å². The fraction of sp³-hybridized carbons (Fsp3) is 0.857. The zero-order chi connectivity index (χ0) is 14.7. The molecule has 0 unspecified atom stereocenters. The van der Waals surface area contributed by atoms with Gasteiger partial charge in [-0.05, 0) is 27.7 Å². The number of piperidine rings is 1. The van der Waals surface area contributed by atoms with Gasteiger partial charge < -0.3 is 14.8 Å². The van der Waals surface area contributed by atoms with Crippen molar-refractivity contribution in [2.75, 3.05) is 7.11 Å². The van der Waals surface area contributed by atoms with Crippen molar-refractivity contribution in [3.05, 3.63) is 0 Å². The van der Waals surface area contributed by atoms with E-state index in [-0.39, 0.29) is 42.0 Å². The Hall–Kier alpha value is -1.10. The first-order valence-electron chi connectivity index (χ1n) is 6.69. The van der Waals surface area contributed by atoms with Crippen molar-refractivity contribution in [2.24, 2.45) is 0 Å². The number of carbonyl (C=O) groups is 2. The van der Waals surface area contributed by atoms with Crippen LogP contribution in [0.4, 0.5) is 0 Å². The summed E-state index contributed by atoms with van der Waals surface area (Å²) in [5.74, 6) is -0.716. The molecule has 1 N–H and O–H groups in total. The van der Waals surface area contributed by atoms with Gasteiger partial charge in [-0.3, -0.25) is 9.59 Å². The van der Waals surface area contributed by atoms with E-state index in [0.29, 0.717) is 0 Å². The molecule has 1 fully saturated rings. The second-order valence-electron chi connectivity index (χ2n) is 6.49. The van der Waals surface area contributed by atoms with Gasteiger partial charge in [0.2, 0.25) is 0 Å². The summed E-state index contributed by atoms with van der Waals surface area (Å²) in [4.78, 5) is 22.7. The van der Waals surface area contributed by atoms with Gasteiger partial charge in [0.15, 0.2) is 0 Å². The number of ether oxygens (including phenoxy) is 2. The van der Waals surface area contributed by atoms with Crippen molar-refractivity contribution >= 4 is 11.9 Å². The Bertz CT molecular complexity index is 333. The number of esters is 2. The highest BCUT2D eigenvalue weighted by atomic mass is 16.5. The van der Waals surface area contributed by atoms with Crippen molar-refractivity contribution in [3.63, 3.8) is 0 Å². The normalized spacial score (nSPS) is 21.7. The van der Waals surface area contributed by atoms with Gasteiger partial charge in [-0.1, -0.05) is 0 Å². The van der Waals surface area contributed by atoms with Crippen LogP contribution in [0.15, 0.2) is 0 Å². The molecular weight excluding hydrogens is 246 g/mol. The Labute approximate surface area is 115 Å². The molecule has 19 heavy (non-hydrogen) atoms. The van der Waals surface area contributed by atoms with Crippen molar-refractivity contribution in [1.82, 2.24) is 5.32 Å². The summed E-state index contributed by atoms with van der Waals surface area (Å²) < 4.78 is 9.97. The molecule has 1 rings (SSSR count). The van der Waals surface area contributed by atoms with E-state index in [1.165, 1.54) is 7.11 Å². The third-order valence-corrected chi connectivity index (χ3v) is 3.21. The van der Waals surface area contributed by atoms with E-state index in [1.54, 1.807) is 0 Å². The maximum Gasteiger partial charge on any atom is 0.306 e. The lowest BCUT2D eigenvalue weighted by atomic mass is 9.81. The first-order chi connectivity index (χ1) is 8.63. The van der Waals surface area contributed by atoms with Crippen LogP contribution in [0, 0.1) is 0 Å². The van der Waals surface area contributed by atoms with E-state index >= 15 is 0 Å². The van der Waals surface area contributed by atoms with Crippen LogP contribution in [-0.2, 0) is 19.1 Å². The first kappa shape index (κ1) is 16.0. The van der Waals surface area contributed by atoms with E-state index in [9.17, 15) is 9.59 Å². The highest BCUT2D eigenvalue weighted by Crippen LogP contribution is 2.30. The zero-order valence-electron chi connectivity index (χ0n) is 12.5. The van der Waals surface area contributed by atoms with Crippen LogP contribution in [-0.4, -0.2) is 36.2 Å². The molecule has 1 heterocycles. The van der Waals surface area contributed by atoms with Gasteiger partial charge >= 0.3 is 11.9 Å². The predicted octanol–water partition coefficient (Wildman–Crippen LogP) is 1.79. The van der Waals surface area contributed by atoms with Gasteiger partial charge in [0.25, 0.3) is 0 Å². The van der Waals surface area contributed by atoms with Crippen LogP contribution in [0.5, 0.6) is 0 Å². The molecular formula is C14H25NO4. The van der Waals surface area contributed by atoms with Crippen LogP contribution in [0.2, 0.25) is 0 Å². The standard InChI is InChI=1S/C14H25NO4/c1-13(2)8-10(9-14(3,4)15-13)19-12(17)7-6-11(16)18-5/h10,15H,6-9H2,1-5H3. The molecule has 0 aromatic heterocycles. The summed E-state index contributed by atoms with van der Waals surface area (Å²) in [6, 6.07) is 0. The number of carbonyl (C=O) groups excluding carboxylic acids is 2. The molecule has 0 aromatic rings. The van der Waals surface area contributed by atoms with Gasteiger partial charge in [-0.2, -0.15) is 0 Å². The molecule has 0 saturated carbocycles. The van der Waals surface area contributed by atoms with Gasteiger partial charge in [-0.15, -0.1) is 0 Å². The van der Waals surface area contributed by atoms with Crippen LogP contribution < -0.4 is 5.32 Å². The number of hydrogen-bond donors (Lipinski definition) is 1. The van der Waals surface area contributed by atoms with E-state index in [0.717, 1.165) is 12.8 Å². The summed E-state index contributed by atoms with van der Waals surface area (Å²) in [5.41, 5.74) is -0.121. The minimum Gasteiger partial charge on any atom is -0.469 e. The van der Waals surface area contributed by atoms with E-state index < -0.39 is 0 Å². The molecule has 5 heteroatoms. The molecule has 1 aliphatic heterocycles. The van der Waals surface area contributed by atoms with Crippen molar-refractivity contribution < 1.29 is 19.1 Å². The maximum atomic E-state index is 11.7. The highest BCUT2D eigenvalue weighted by Gasteiger charge is 2.39. The molecule has 1 aliphatic rings. The maximum absolute atomic E-state index is 11.7. The Morgan fingerprint density at radius 3 is 2.00 bits per heavy atom. The fourth-order valence-corrected chi connectivity index (χ4v) is 2.86. The van der Waals surface area contributed by atoms with Crippen LogP contribution in [0.25, 0.3) is 0 Å². The quantitative estimate of drug-likeness (QED) is 0.790. The summed E-state index contributed by atoms with van der Waals surface area (Å²) in [6.07, 6.45) is 1.61. The topological polar surface area (TPSA) is 64.6 Å². The second-order valence-corrected chi connectivity index (χ2v) is 6.49. The third-order valence-electron chi connectivity index (χ3n) is 3.21. The van der Waals surface area contributed by atoms with Crippen molar-refractivity contribution in [2.45, 2.75) is 70.6 Å². The summed E-state index contributed by atoms with van der Waals surface area (Å²) in [5, 5.41) is 3.53.